The summed E-state index contributed by atoms with van der Waals surface area (Å²) in [6.07, 6.45) is 3.01. The van der Waals surface area contributed by atoms with Crippen molar-refractivity contribution in [2.75, 3.05) is 0 Å². The molecular weight excluding hydrogens is 256 g/mol. The van der Waals surface area contributed by atoms with Crippen molar-refractivity contribution in [3.8, 4) is 5.75 Å². The number of allylic oxidation sites excluding steroid dienone is 1. The highest BCUT2D eigenvalue weighted by Crippen LogP contribution is 2.36. The molecule has 0 radical (unpaired) electrons. The van der Waals surface area contributed by atoms with Gasteiger partial charge in [0.1, 0.15) is 0 Å². The molecule has 0 unspecified atom stereocenters. The van der Waals surface area contributed by atoms with Gasteiger partial charge in [0.15, 0.2) is 5.75 Å². The van der Waals surface area contributed by atoms with E-state index in [0.717, 1.165) is 0 Å². The highest BCUT2D eigenvalue weighted by Gasteiger charge is 2.22. The molecule has 0 amide bonds. The molecule has 6 heteroatoms. The lowest BCUT2D eigenvalue weighted by Crippen LogP contribution is -2.11. The zero-order valence-electron chi connectivity index (χ0n) is 10.1. The van der Waals surface area contributed by atoms with E-state index in [-0.39, 0.29) is 23.8 Å². The second-order valence-corrected chi connectivity index (χ2v) is 3.90. The summed E-state index contributed by atoms with van der Waals surface area (Å²) < 4.78 is 0. The lowest BCUT2D eigenvalue weighted by molar-refractivity contribution is -0.386. The van der Waals surface area contributed by atoms with E-state index in [1.807, 2.05) is 0 Å². The summed E-state index contributed by atoms with van der Waals surface area (Å²) in [4.78, 5) is 10.2. The van der Waals surface area contributed by atoms with Crippen molar-refractivity contribution in [1.82, 2.24) is 0 Å². The molecule has 0 fully saturated rings. The quantitative estimate of drug-likeness (QED) is 0.490. The standard InChI is InChI=1S/C12H16N2O3.ClH/c1-3-4-5-10(13)9-7-6-8(2)11(12(9)15)14(16)17;/h3,6-7,10,15H,1,4-5,13H2,2H3;1H/t10-;/m1./s1. The molecule has 1 aromatic carbocycles. The van der Waals surface area contributed by atoms with Gasteiger partial charge >= 0.3 is 5.69 Å². The first-order chi connectivity index (χ1) is 7.99. The fraction of sp³-hybridized carbons (Fsp3) is 0.333. The second kappa shape index (κ2) is 6.98. The average molecular weight is 273 g/mol. The number of nitrogens with two attached hydrogens (primary N) is 1. The summed E-state index contributed by atoms with van der Waals surface area (Å²) in [7, 11) is 0. The van der Waals surface area contributed by atoms with Gasteiger partial charge in [0.2, 0.25) is 0 Å². The van der Waals surface area contributed by atoms with Crippen LogP contribution in [0.15, 0.2) is 24.8 Å². The molecule has 1 atom stereocenters. The molecule has 5 nitrogen and oxygen atoms in total. The van der Waals surface area contributed by atoms with Gasteiger partial charge in [-0.25, -0.2) is 0 Å². The monoisotopic (exact) mass is 272 g/mol. The third-order valence-corrected chi connectivity index (χ3v) is 2.65. The first kappa shape index (κ1) is 16.4. The number of rotatable bonds is 5. The third kappa shape index (κ3) is 3.45. The second-order valence-electron chi connectivity index (χ2n) is 3.90. The number of benzene rings is 1. The molecule has 100 valence electrons. The van der Waals surface area contributed by atoms with Crippen molar-refractivity contribution < 1.29 is 10.0 Å². The molecule has 18 heavy (non-hydrogen) atoms. The van der Waals surface area contributed by atoms with E-state index in [9.17, 15) is 15.2 Å². The first-order valence-electron chi connectivity index (χ1n) is 5.32. The smallest absolute Gasteiger partial charge is 0.313 e. The van der Waals surface area contributed by atoms with Crippen LogP contribution >= 0.6 is 12.4 Å². The van der Waals surface area contributed by atoms with E-state index in [1.165, 1.54) is 0 Å². The molecule has 0 spiro atoms. The summed E-state index contributed by atoms with van der Waals surface area (Å²) in [6.45, 7) is 5.16. The van der Waals surface area contributed by atoms with Crippen molar-refractivity contribution in [3.05, 3.63) is 46.0 Å². The number of aryl methyl sites for hydroxylation is 1. The Hall–Kier alpha value is -1.59. The predicted molar refractivity (Wildman–Crippen MR) is 73.1 cm³/mol. The first-order valence-corrected chi connectivity index (χ1v) is 5.32. The highest BCUT2D eigenvalue weighted by molar-refractivity contribution is 5.85. The van der Waals surface area contributed by atoms with Crippen molar-refractivity contribution in [3.63, 3.8) is 0 Å². The summed E-state index contributed by atoms with van der Waals surface area (Å²) in [5.41, 5.74) is 6.43. The molecule has 1 rings (SSSR count). The van der Waals surface area contributed by atoms with E-state index in [2.05, 4.69) is 6.58 Å². The van der Waals surface area contributed by atoms with E-state index in [1.54, 1.807) is 25.1 Å². The highest BCUT2D eigenvalue weighted by atomic mass is 35.5. The number of nitro benzene ring substituents is 1. The minimum Gasteiger partial charge on any atom is -0.502 e. The van der Waals surface area contributed by atoms with Gasteiger partial charge in [0.05, 0.1) is 4.92 Å². The molecule has 0 heterocycles. The normalized spacial score (nSPS) is 11.4. The van der Waals surface area contributed by atoms with Crippen LogP contribution in [-0.4, -0.2) is 10.0 Å². The van der Waals surface area contributed by atoms with E-state index in [0.29, 0.717) is 24.0 Å². The Labute approximate surface area is 112 Å². The molecule has 0 aliphatic rings. The number of phenolic OH excluding ortho intramolecular Hbond substituents is 1. The van der Waals surface area contributed by atoms with Crippen LogP contribution in [0.2, 0.25) is 0 Å². The van der Waals surface area contributed by atoms with Crippen molar-refractivity contribution in [2.24, 2.45) is 5.73 Å². The topological polar surface area (TPSA) is 89.4 Å². The summed E-state index contributed by atoms with van der Waals surface area (Å²) in [5, 5.41) is 20.7. The van der Waals surface area contributed by atoms with Crippen LogP contribution in [0.4, 0.5) is 5.69 Å². The van der Waals surface area contributed by atoms with Crippen LogP contribution in [-0.2, 0) is 0 Å². The van der Waals surface area contributed by atoms with Gasteiger partial charge in [-0.3, -0.25) is 10.1 Å². The van der Waals surface area contributed by atoms with Crippen LogP contribution in [0.1, 0.15) is 30.0 Å². The maximum atomic E-state index is 10.8. The predicted octanol–water partition coefficient (Wildman–Crippen LogP) is 3.00. The fourth-order valence-corrected chi connectivity index (χ4v) is 1.68. The molecule has 1 aromatic rings. The Balaban J connectivity index is 0.00000289. The zero-order chi connectivity index (χ0) is 13.0. The van der Waals surface area contributed by atoms with Gasteiger partial charge < -0.3 is 10.8 Å². The van der Waals surface area contributed by atoms with E-state index in [4.69, 9.17) is 5.73 Å². The number of aromatic hydroxyl groups is 1. The van der Waals surface area contributed by atoms with Gasteiger partial charge in [0, 0.05) is 17.2 Å². The maximum absolute atomic E-state index is 10.8. The summed E-state index contributed by atoms with van der Waals surface area (Å²) in [5.74, 6) is -0.327. The van der Waals surface area contributed by atoms with Crippen LogP contribution in [0.5, 0.6) is 5.75 Å². The zero-order valence-corrected chi connectivity index (χ0v) is 10.9. The number of hydrogen-bond donors (Lipinski definition) is 2. The molecule has 0 aliphatic heterocycles. The minimum atomic E-state index is -0.589. The Morgan fingerprint density at radius 3 is 2.72 bits per heavy atom. The van der Waals surface area contributed by atoms with E-state index >= 15 is 0 Å². The number of nitro groups is 1. The largest absolute Gasteiger partial charge is 0.502 e. The molecule has 0 saturated heterocycles. The number of hydrogen-bond acceptors (Lipinski definition) is 4. The van der Waals surface area contributed by atoms with Gasteiger partial charge in [-0.05, 0) is 19.8 Å². The Morgan fingerprint density at radius 1 is 1.61 bits per heavy atom. The summed E-state index contributed by atoms with van der Waals surface area (Å²) in [6, 6.07) is 2.80. The van der Waals surface area contributed by atoms with Crippen molar-refractivity contribution in [2.45, 2.75) is 25.8 Å². The minimum absolute atomic E-state index is 0. The SMILES string of the molecule is C=CCC[C@@H](N)c1ccc(C)c([N+](=O)[O-])c1O.Cl. The fourth-order valence-electron chi connectivity index (χ4n) is 1.68. The Morgan fingerprint density at radius 2 is 2.22 bits per heavy atom. The van der Waals surface area contributed by atoms with Gasteiger partial charge in [-0.1, -0.05) is 18.2 Å². The molecule has 0 aliphatic carbocycles. The molecule has 0 bridgehead atoms. The lowest BCUT2D eigenvalue weighted by atomic mass is 9.99. The Kier molecular flexibility index (Phi) is 6.36. The number of nitrogens with zero attached hydrogens (tertiary/aromatic N) is 1. The lowest BCUT2D eigenvalue weighted by Gasteiger charge is -2.13. The van der Waals surface area contributed by atoms with Crippen LogP contribution < -0.4 is 5.73 Å². The van der Waals surface area contributed by atoms with Crippen molar-refractivity contribution in [1.29, 1.82) is 0 Å². The van der Waals surface area contributed by atoms with Gasteiger partial charge in [-0.15, -0.1) is 19.0 Å². The number of halogens is 1. The van der Waals surface area contributed by atoms with E-state index < -0.39 is 11.0 Å². The third-order valence-electron chi connectivity index (χ3n) is 2.65. The Bertz CT molecular complexity index is 449. The molecule has 3 N–H and O–H groups in total. The molecule has 0 saturated carbocycles. The maximum Gasteiger partial charge on any atom is 0.313 e. The number of phenols is 1. The van der Waals surface area contributed by atoms with Gasteiger partial charge in [-0.2, -0.15) is 0 Å². The average Bonchev–Trinajstić information content (AvgIpc) is 2.25. The molecule has 0 aromatic heterocycles. The molecular formula is C12H17ClN2O3. The van der Waals surface area contributed by atoms with Crippen LogP contribution in [0.25, 0.3) is 0 Å². The van der Waals surface area contributed by atoms with Crippen molar-refractivity contribution >= 4 is 18.1 Å². The van der Waals surface area contributed by atoms with Crippen LogP contribution in [0, 0.1) is 17.0 Å². The van der Waals surface area contributed by atoms with Crippen LogP contribution in [0.3, 0.4) is 0 Å². The summed E-state index contributed by atoms with van der Waals surface area (Å²) >= 11 is 0. The van der Waals surface area contributed by atoms with Gasteiger partial charge in [0.25, 0.3) is 0 Å².